The molecule has 0 radical (unpaired) electrons. The van der Waals surface area contributed by atoms with Crippen LogP contribution in [0.25, 0.3) is 0 Å². The standard InChI is InChI=1S/C15H27N3O/c1-3-6-12(4-2)17-14-7-5-8-15-13(14)11-16-18(15)9-10-19/h11-12,14,17,19H,3-10H2,1-2H3. The number of hydrogen-bond acceptors (Lipinski definition) is 3. The Morgan fingerprint density at radius 3 is 3.05 bits per heavy atom. The zero-order valence-electron chi connectivity index (χ0n) is 12.2. The highest BCUT2D eigenvalue weighted by atomic mass is 16.3. The molecule has 2 N–H and O–H groups in total. The zero-order chi connectivity index (χ0) is 13.7. The summed E-state index contributed by atoms with van der Waals surface area (Å²) in [5, 5.41) is 17.3. The van der Waals surface area contributed by atoms with Crippen LogP contribution in [0.15, 0.2) is 6.20 Å². The summed E-state index contributed by atoms with van der Waals surface area (Å²) in [6.45, 7) is 5.29. The highest BCUT2D eigenvalue weighted by Gasteiger charge is 2.25. The van der Waals surface area contributed by atoms with Crippen molar-refractivity contribution in [3.63, 3.8) is 0 Å². The van der Waals surface area contributed by atoms with Gasteiger partial charge < -0.3 is 10.4 Å². The van der Waals surface area contributed by atoms with E-state index in [1.54, 1.807) is 0 Å². The number of aliphatic hydroxyl groups excluding tert-OH is 1. The molecule has 4 heteroatoms. The first-order chi connectivity index (χ1) is 9.30. The SMILES string of the molecule is CCCC(CC)NC1CCCc2c1cnn2CCO. The van der Waals surface area contributed by atoms with Gasteiger partial charge in [0.1, 0.15) is 0 Å². The maximum Gasteiger partial charge on any atom is 0.0644 e. The van der Waals surface area contributed by atoms with Gasteiger partial charge in [-0.2, -0.15) is 5.10 Å². The molecular weight excluding hydrogens is 238 g/mol. The van der Waals surface area contributed by atoms with Gasteiger partial charge >= 0.3 is 0 Å². The van der Waals surface area contributed by atoms with Crippen molar-refractivity contribution in [2.75, 3.05) is 6.61 Å². The van der Waals surface area contributed by atoms with Gasteiger partial charge in [-0.05, 0) is 32.1 Å². The van der Waals surface area contributed by atoms with Crippen LogP contribution in [0.5, 0.6) is 0 Å². The quantitative estimate of drug-likeness (QED) is 0.796. The minimum absolute atomic E-state index is 0.166. The Kier molecular flexibility index (Phi) is 5.40. The summed E-state index contributed by atoms with van der Waals surface area (Å²) in [5.74, 6) is 0. The third-order valence-corrected chi connectivity index (χ3v) is 4.14. The molecule has 0 aromatic carbocycles. The minimum Gasteiger partial charge on any atom is -0.394 e. The van der Waals surface area contributed by atoms with Crippen molar-refractivity contribution in [3.05, 3.63) is 17.5 Å². The van der Waals surface area contributed by atoms with Gasteiger partial charge in [0, 0.05) is 23.3 Å². The third-order valence-electron chi connectivity index (χ3n) is 4.14. The summed E-state index contributed by atoms with van der Waals surface area (Å²) in [6.07, 6.45) is 9.17. The Morgan fingerprint density at radius 1 is 1.53 bits per heavy atom. The lowest BCUT2D eigenvalue weighted by molar-refractivity contribution is 0.266. The van der Waals surface area contributed by atoms with Gasteiger partial charge in [0.05, 0.1) is 19.3 Å². The number of fused-ring (bicyclic) bond motifs is 1. The summed E-state index contributed by atoms with van der Waals surface area (Å²) in [5.41, 5.74) is 2.68. The molecule has 0 aliphatic heterocycles. The maximum absolute atomic E-state index is 9.08. The molecule has 1 aliphatic carbocycles. The number of nitrogens with one attached hydrogen (secondary N) is 1. The second-order valence-electron chi connectivity index (χ2n) is 5.50. The first-order valence-electron chi connectivity index (χ1n) is 7.71. The lowest BCUT2D eigenvalue weighted by Crippen LogP contribution is -2.34. The van der Waals surface area contributed by atoms with Crippen LogP contribution in [0.3, 0.4) is 0 Å². The molecule has 0 bridgehead atoms. The number of rotatable bonds is 7. The van der Waals surface area contributed by atoms with E-state index in [4.69, 9.17) is 5.11 Å². The summed E-state index contributed by atoms with van der Waals surface area (Å²) >= 11 is 0. The highest BCUT2D eigenvalue weighted by molar-refractivity contribution is 5.25. The molecule has 0 amide bonds. The van der Waals surface area contributed by atoms with Crippen molar-refractivity contribution in [3.8, 4) is 0 Å². The lowest BCUT2D eigenvalue weighted by atomic mass is 9.91. The van der Waals surface area contributed by atoms with Gasteiger partial charge in [0.25, 0.3) is 0 Å². The third kappa shape index (κ3) is 3.37. The molecule has 19 heavy (non-hydrogen) atoms. The van der Waals surface area contributed by atoms with E-state index in [2.05, 4.69) is 24.3 Å². The molecule has 2 atom stereocenters. The molecule has 0 spiro atoms. The van der Waals surface area contributed by atoms with Gasteiger partial charge in [0.15, 0.2) is 0 Å². The van der Waals surface area contributed by atoms with Crippen molar-refractivity contribution < 1.29 is 5.11 Å². The number of aromatic nitrogens is 2. The Balaban J connectivity index is 2.09. The van der Waals surface area contributed by atoms with Crippen LogP contribution in [0, 0.1) is 0 Å². The summed E-state index contributed by atoms with van der Waals surface area (Å²) < 4.78 is 1.98. The number of hydrogen-bond donors (Lipinski definition) is 2. The topological polar surface area (TPSA) is 50.1 Å². The smallest absolute Gasteiger partial charge is 0.0644 e. The normalized spacial score (nSPS) is 20.3. The first kappa shape index (κ1) is 14.5. The Hall–Kier alpha value is -0.870. The molecule has 0 saturated carbocycles. The molecule has 4 nitrogen and oxygen atoms in total. The summed E-state index contributed by atoms with van der Waals surface area (Å²) in [4.78, 5) is 0. The van der Waals surface area contributed by atoms with Crippen molar-refractivity contribution in [1.82, 2.24) is 15.1 Å². The predicted octanol–water partition coefficient (Wildman–Crippen LogP) is 2.42. The van der Waals surface area contributed by atoms with E-state index in [-0.39, 0.29) is 6.61 Å². The fourth-order valence-electron chi connectivity index (χ4n) is 3.12. The highest BCUT2D eigenvalue weighted by Crippen LogP contribution is 2.30. The Bertz CT molecular complexity index is 389. The molecule has 1 aromatic rings. The van der Waals surface area contributed by atoms with Crippen LogP contribution < -0.4 is 5.32 Å². The van der Waals surface area contributed by atoms with E-state index in [9.17, 15) is 0 Å². The Morgan fingerprint density at radius 2 is 2.37 bits per heavy atom. The molecule has 108 valence electrons. The van der Waals surface area contributed by atoms with Gasteiger partial charge in [-0.1, -0.05) is 20.3 Å². The fourth-order valence-corrected chi connectivity index (χ4v) is 3.12. The Labute approximate surface area is 116 Å². The van der Waals surface area contributed by atoms with Crippen molar-refractivity contribution in [2.45, 2.75) is 71.0 Å². The van der Waals surface area contributed by atoms with E-state index in [0.717, 1.165) is 6.42 Å². The maximum atomic E-state index is 9.08. The van der Waals surface area contributed by atoms with Crippen molar-refractivity contribution >= 4 is 0 Å². The predicted molar refractivity (Wildman–Crippen MR) is 77.1 cm³/mol. The van der Waals surface area contributed by atoms with Crippen molar-refractivity contribution in [1.29, 1.82) is 0 Å². The second kappa shape index (κ2) is 7.06. The van der Waals surface area contributed by atoms with Crippen LogP contribution in [-0.4, -0.2) is 27.5 Å². The molecule has 1 aromatic heterocycles. The number of aliphatic hydroxyl groups is 1. The number of nitrogens with zero attached hydrogens (tertiary/aromatic N) is 2. The average molecular weight is 265 g/mol. The fraction of sp³-hybridized carbons (Fsp3) is 0.800. The molecule has 0 saturated heterocycles. The lowest BCUT2D eigenvalue weighted by Gasteiger charge is -2.28. The van der Waals surface area contributed by atoms with Gasteiger partial charge in [0.2, 0.25) is 0 Å². The summed E-state index contributed by atoms with van der Waals surface area (Å²) in [7, 11) is 0. The minimum atomic E-state index is 0.166. The largest absolute Gasteiger partial charge is 0.394 e. The van der Waals surface area contributed by atoms with E-state index < -0.39 is 0 Å². The molecule has 1 aliphatic rings. The van der Waals surface area contributed by atoms with Crippen LogP contribution in [-0.2, 0) is 13.0 Å². The molecule has 0 fully saturated rings. The average Bonchev–Trinajstić information content (AvgIpc) is 2.83. The van der Waals surface area contributed by atoms with Crippen LogP contribution in [0.2, 0.25) is 0 Å². The second-order valence-corrected chi connectivity index (χ2v) is 5.50. The van der Waals surface area contributed by atoms with E-state index in [1.807, 2.05) is 10.9 Å². The van der Waals surface area contributed by atoms with Crippen LogP contribution in [0.4, 0.5) is 0 Å². The molecule has 2 rings (SSSR count). The van der Waals surface area contributed by atoms with Gasteiger partial charge in [-0.3, -0.25) is 4.68 Å². The van der Waals surface area contributed by atoms with Gasteiger partial charge in [-0.25, -0.2) is 0 Å². The molecular formula is C15H27N3O. The monoisotopic (exact) mass is 265 g/mol. The van der Waals surface area contributed by atoms with E-state index in [0.29, 0.717) is 18.6 Å². The van der Waals surface area contributed by atoms with Crippen molar-refractivity contribution in [2.24, 2.45) is 0 Å². The zero-order valence-corrected chi connectivity index (χ0v) is 12.2. The van der Waals surface area contributed by atoms with Gasteiger partial charge in [-0.15, -0.1) is 0 Å². The summed E-state index contributed by atoms with van der Waals surface area (Å²) in [6, 6.07) is 1.06. The molecule has 2 unspecified atom stereocenters. The van der Waals surface area contributed by atoms with E-state index >= 15 is 0 Å². The van der Waals surface area contributed by atoms with Crippen LogP contribution >= 0.6 is 0 Å². The van der Waals surface area contributed by atoms with E-state index in [1.165, 1.54) is 43.4 Å². The molecule has 1 heterocycles. The first-order valence-corrected chi connectivity index (χ1v) is 7.71. The van der Waals surface area contributed by atoms with Crippen LogP contribution in [0.1, 0.15) is 63.3 Å².